The van der Waals surface area contributed by atoms with E-state index in [1.54, 1.807) is 7.11 Å². The highest BCUT2D eigenvalue weighted by Gasteiger charge is 2.25. The van der Waals surface area contributed by atoms with E-state index in [1.807, 2.05) is 36.1 Å². The van der Waals surface area contributed by atoms with Gasteiger partial charge in [-0.25, -0.2) is 0 Å². The molecule has 0 aliphatic carbocycles. The zero-order valence-electron chi connectivity index (χ0n) is 14.2. The van der Waals surface area contributed by atoms with Crippen LogP contribution in [0.4, 0.5) is 0 Å². The number of likely N-dealkylation sites (tertiary alicyclic amines) is 1. The Morgan fingerprint density at radius 2 is 2.25 bits per heavy atom. The summed E-state index contributed by atoms with van der Waals surface area (Å²) in [6.45, 7) is 3.71. The lowest BCUT2D eigenvalue weighted by molar-refractivity contribution is -0.137. The molecule has 0 N–H and O–H groups in total. The molecule has 24 heavy (non-hydrogen) atoms. The first-order valence-electron chi connectivity index (χ1n) is 8.32. The molecule has 128 valence electrons. The lowest BCUT2D eigenvalue weighted by Crippen LogP contribution is -2.42. The summed E-state index contributed by atoms with van der Waals surface area (Å²) in [4.78, 5) is 18.4. The zero-order chi connectivity index (χ0) is 16.9. The van der Waals surface area contributed by atoms with Gasteiger partial charge in [0.15, 0.2) is 0 Å². The van der Waals surface area contributed by atoms with E-state index in [0.717, 1.165) is 37.1 Å². The second-order valence-electron chi connectivity index (χ2n) is 6.31. The molecule has 1 aliphatic rings. The molecule has 1 aromatic carbocycles. The summed E-state index contributed by atoms with van der Waals surface area (Å²) in [5, 5.41) is 4.11. The third-order valence-corrected chi connectivity index (χ3v) is 4.46. The predicted octanol–water partition coefficient (Wildman–Crippen LogP) is 2.47. The second-order valence-corrected chi connectivity index (χ2v) is 6.31. The van der Waals surface area contributed by atoms with Crippen molar-refractivity contribution >= 4 is 5.91 Å². The first-order valence-corrected chi connectivity index (χ1v) is 8.32. The van der Waals surface area contributed by atoms with Crippen molar-refractivity contribution in [2.24, 2.45) is 5.92 Å². The molecule has 1 atom stereocenters. The highest BCUT2D eigenvalue weighted by Crippen LogP contribution is 2.23. The average molecular weight is 329 g/mol. The van der Waals surface area contributed by atoms with E-state index >= 15 is 0 Å². The number of benzene rings is 1. The van der Waals surface area contributed by atoms with Crippen molar-refractivity contribution in [1.29, 1.82) is 0 Å². The minimum absolute atomic E-state index is 0.0494. The van der Waals surface area contributed by atoms with Gasteiger partial charge in [0.05, 0.1) is 0 Å². The first-order chi connectivity index (χ1) is 11.7. The van der Waals surface area contributed by atoms with Crippen molar-refractivity contribution in [1.82, 2.24) is 15.0 Å². The summed E-state index contributed by atoms with van der Waals surface area (Å²) in [7, 11) is 1.55. The summed E-state index contributed by atoms with van der Waals surface area (Å²) in [5.74, 6) is 1.67. The Morgan fingerprint density at radius 1 is 1.42 bits per heavy atom. The molecule has 1 fully saturated rings. The topological polar surface area (TPSA) is 68.5 Å². The Morgan fingerprint density at radius 3 is 3.04 bits per heavy atom. The number of carbonyl (C=O) groups is 1. The van der Waals surface area contributed by atoms with E-state index < -0.39 is 0 Å². The van der Waals surface area contributed by atoms with Crippen LogP contribution < -0.4 is 0 Å². The van der Waals surface area contributed by atoms with Gasteiger partial charge < -0.3 is 14.2 Å². The number of carbonyl (C=O) groups excluding carboxylic acids is 1. The molecule has 3 rings (SSSR count). The van der Waals surface area contributed by atoms with Gasteiger partial charge in [-0.2, -0.15) is 4.98 Å². The van der Waals surface area contributed by atoms with Gasteiger partial charge in [0.1, 0.15) is 6.61 Å². The van der Waals surface area contributed by atoms with Crippen LogP contribution in [0.3, 0.4) is 0 Å². The third-order valence-electron chi connectivity index (χ3n) is 4.46. The van der Waals surface area contributed by atoms with Crippen LogP contribution in [-0.2, 0) is 16.0 Å². The average Bonchev–Trinajstić information content (AvgIpc) is 3.04. The smallest absolute Gasteiger partial charge is 0.248 e. The van der Waals surface area contributed by atoms with Crippen LogP contribution in [0.15, 0.2) is 28.8 Å². The Hall–Kier alpha value is -2.21. The fraction of sp³-hybridized carbons (Fsp3) is 0.500. The lowest BCUT2D eigenvalue weighted by atomic mass is 9.94. The van der Waals surface area contributed by atoms with Gasteiger partial charge in [-0.05, 0) is 31.2 Å². The first kappa shape index (κ1) is 16.6. The number of piperidine rings is 1. The molecular formula is C18H23N3O3. The summed E-state index contributed by atoms with van der Waals surface area (Å²) in [6.07, 6.45) is 2.77. The summed E-state index contributed by atoms with van der Waals surface area (Å²) >= 11 is 0. The second kappa shape index (κ2) is 7.57. The predicted molar refractivity (Wildman–Crippen MR) is 89.4 cm³/mol. The molecule has 1 aromatic heterocycles. The minimum atomic E-state index is 0.0494. The molecule has 1 aliphatic heterocycles. The fourth-order valence-corrected chi connectivity index (χ4v) is 3.19. The molecule has 2 aromatic rings. The largest absolute Gasteiger partial charge is 0.375 e. The van der Waals surface area contributed by atoms with Crippen molar-refractivity contribution in [2.75, 3.05) is 26.8 Å². The SMILES string of the molecule is COCC(=O)N1CCCC(Cc2nc(-c3ccccc3C)no2)C1. The number of amides is 1. The molecule has 6 heteroatoms. The molecule has 2 heterocycles. The van der Waals surface area contributed by atoms with Crippen LogP contribution >= 0.6 is 0 Å². The molecular weight excluding hydrogens is 306 g/mol. The Balaban J connectivity index is 1.64. The van der Waals surface area contributed by atoms with Crippen LogP contribution in [-0.4, -0.2) is 47.8 Å². The number of ether oxygens (including phenoxy) is 1. The van der Waals surface area contributed by atoms with Crippen molar-refractivity contribution in [3.63, 3.8) is 0 Å². The van der Waals surface area contributed by atoms with Crippen molar-refractivity contribution in [3.8, 4) is 11.4 Å². The molecule has 0 spiro atoms. The van der Waals surface area contributed by atoms with Crippen LogP contribution in [0.5, 0.6) is 0 Å². The quantitative estimate of drug-likeness (QED) is 0.843. The maximum atomic E-state index is 12.0. The lowest BCUT2D eigenvalue weighted by Gasteiger charge is -2.32. The molecule has 1 unspecified atom stereocenters. The Bertz CT molecular complexity index is 698. The normalized spacial score (nSPS) is 17.9. The van der Waals surface area contributed by atoms with Gasteiger partial charge in [-0.3, -0.25) is 4.79 Å². The maximum absolute atomic E-state index is 12.0. The number of aryl methyl sites for hydroxylation is 1. The molecule has 0 radical (unpaired) electrons. The van der Waals surface area contributed by atoms with E-state index in [9.17, 15) is 4.79 Å². The number of hydrogen-bond donors (Lipinski definition) is 0. The summed E-state index contributed by atoms with van der Waals surface area (Å²) in [5.41, 5.74) is 2.12. The third kappa shape index (κ3) is 3.82. The van der Waals surface area contributed by atoms with Gasteiger partial charge in [-0.15, -0.1) is 0 Å². The monoisotopic (exact) mass is 329 g/mol. The van der Waals surface area contributed by atoms with Crippen LogP contribution in [0.1, 0.15) is 24.3 Å². The van der Waals surface area contributed by atoms with Crippen LogP contribution in [0.25, 0.3) is 11.4 Å². The maximum Gasteiger partial charge on any atom is 0.248 e. The highest BCUT2D eigenvalue weighted by atomic mass is 16.5. The van der Waals surface area contributed by atoms with E-state index in [1.165, 1.54) is 0 Å². The van der Waals surface area contributed by atoms with E-state index in [-0.39, 0.29) is 12.5 Å². The van der Waals surface area contributed by atoms with Crippen molar-refractivity contribution in [2.45, 2.75) is 26.2 Å². The van der Waals surface area contributed by atoms with Crippen molar-refractivity contribution < 1.29 is 14.1 Å². The standard InChI is InChI=1S/C18H23N3O3/c1-13-6-3-4-8-15(13)18-19-16(24-20-18)10-14-7-5-9-21(11-14)17(22)12-23-2/h3-4,6,8,14H,5,7,9-12H2,1-2H3. The Kier molecular flexibility index (Phi) is 5.25. The van der Waals surface area contributed by atoms with Gasteiger partial charge in [0, 0.05) is 32.2 Å². The van der Waals surface area contributed by atoms with Crippen molar-refractivity contribution in [3.05, 3.63) is 35.7 Å². The number of aromatic nitrogens is 2. The van der Waals surface area contributed by atoms with E-state index in [2.05, 4.69) is 10.1 Å². The Labute approximate surface area is 141 Å². The molecule has 1 saturated heterocycles. The van der Waals surface area contributed by atoms with E-state index in [0.29, 0.717) is 24.1 Å². The number of nitrogens with zero attached hydrogens (tertiary/aromatic N) is 3. The van der Waals surface area contributed by atoms with E-state index in [4.69, 9.17) is 9.26 Å². The van der Waals surface area contributed by atoms with Crippen LogP contribution in [0, 0.1) is 12.8 Å². The minimum Gasteiger partial charge on any atom is -0.375 e. The van der Waals surface area contributed by atoms with Gasteiger partial charge in [-0.1, -0.05) is 29.4 Å². The highest BCUT2D eigenvalue weighted by molar-refractivity contribution is 5.77. The molecule has 1 amide bonds. The molecule has 0 bridgehead atoms. The molecule has 0 saturated carbocycles. The number of hydrogen-bond acceptors (Lipinski definition) is 5. The summed E-state index contributed by atoms with van der Waals surface area (Å²) in [6, 6.07) is 7.99. The number of rotatable bonds is 5. The van der Waals surface area contributed by atoms with Crippen LogP contribution in [0.2, 0.25) is 0 Å². The van der Waals surface area contributed by atoms with Gasteiger partial charge in [0.25, 0.3) is 0 Å². The zero-order valence-corrected chi connectivity index (χ0v) is 14.2. The fourth-order valence-electron chi connectivity index (χ4n) is 3.19. The van der Waals surface area contributed by atoms with Gasteiger partial charge in [0.2, 0.25) is 17.6 Å². The summed E-state index contributed by atoms with van der Waals surface area (Å²) < 4.78 is 10.4. The number of methoxy groups -OCH3 is 1. The van der Waals surface area contributed by atoms with Gasteiger partial charge >= 0.3 is 0 Å². The molecule has 6 nitrogen and oxygen atoms in total.